The maximum absolute atomic E-state index is 16.6. The summed E-state index contributed by atoms with van der Waals surface area (Å²) in [6, 6.07) is 23.1. The summed E-state index contributed by atoms with van der Waals surface area (Å²) in [5.41, 5.74) is -7.33. The topological polar surface area (TPSA) is 238 Å². The van der Waals surface area contributed by atoms with Gasteiger partial charge in [0.1, 0.15) is 23.9 Å². The van der Waals surface area contributed by atoms with Crippen molar-refractivity contribution in [3.05, 3.63) is 119 Å². The molecule has 0 spiro atoms. The van der Waals surface area contributed by atoms with Crippen molar-refractivity contribution in [2.45, 2.75) is 168 Å². The second-order valence-electron chi connectivity index (χ2n) is 21.4. The van der Waals surface area contributed by atoms with E-state index in [2.05, 4.69) is 5.32 Å². The largest absolute Gasteiger partial charge is 0.680 e. The van der Waals surface area contributed by atoms with Gasteiger partial charge < -0.3 is 56.9 Å². The van der Waals surface area contributed by atoms with Gasteiger partial charge in [0.15, 0.2) is 23.6 Å². The van der Waals surface area contributed by atoms with Crippen LogP contribution < -0.4 is 5.32 Å². The first-order valence-electron chi connectivity index (χ1n) is 25.4. The Hall–Kier alpha value is -5.64. The predicted molar refractivity (Wildman–Crippen MR) is 271 cm³/mol. The molecule has 406 valence electrons. The van der Waals surface area contributed by atoms with Crippen LogP contribution in [0, 0.1) is 16.7 Å². The van der Waals surface area contributed by atoms with Crippen LogP contribution in [0.3, 0.4) is 0 Å². The SMILES string of the molecule is CC(=O)O[C@H]1C(=O)[C@]2(C)[C@@H](O[Si](OC(C)C)(OC(C)C)OC(C)C)C[C@H]3OC[C@@]3(OC(C)=O)[C@H]2[C@H](OC(=O)c2ccccc2)[C@]2(O)C[C@H](OC(=O)[C@H](O)[C@@H](NC(=O)c3ccccc3)c3ccccc3)C(C)=C1C2(C)C. The first-order chi connectivity index (χ1) is 35.2. The summed E-state index contributed by atoms with van der Waals surface area (Å²) in [6.07, 6.45) is -12.2. The van der Waals surface area contributed by atoms with Crippen molar-refractivity contribution < 1.29 is 80.4 Å². The Morgan fingerprint density at radius 3 is 1.77 bits per heavy atom. The van der Waals surface area contributed by atoms with Crippen LogP contribution in [0.25, 0.3) is 0 Å². The summed E-state index contributed by atoms with van der Waals surface area (Å²) in [5, 5.41) is 29.0. The molecular formula is C56H71NO17Si. The van der Waals surface area contributed by atoms with Crippen LogP contribution in [0.15, 0.2) is 102 Å². The number of amides is 1. The van der Waals surface area contributed by atoms with Crippen molar-refractivity contribution in [2.24, 2.45) is 16.7 Å². The number of ether oxygens (including phenoxy) is 5. The Balaban J connectivity index is 1.47. The number of rotatable bonds is 18. The standard InChI is InChI=1S/C56H71NO17Si/c1-31(2)71-75(72-32(3)4,73-33(5)6)74-41-28-42-55(30-66-42,70-36(9)59)47-49(69-51(63)39-26-20-15-21-27-39)56(65)29-40(34(7)43(53(56,10)11)46(67-35(8)58)48(61)54(41,47)12)68-52(64)45(60)44(37-22-16-13-17-23-37)57-50(62)38-24-18-14-19-25-38/h13-27,31-33,40-42,44-47,49,60,65H,28-30H2,1-12H3,(H,57,62)/t40-,41-,42+,44-,45+,46+,47-,49-,54+,55-,56+/m0/s1. The molecule has 2 saturated carbocycles. The van der Waals surface area contributed by atoms with E-state index < -0.39 is 140 Å². The quantitative estimate of drug-likeness (QED) is 0.0535. The number of carbonyl (C=O) groups excluding carboxylic acids is 6. The summed E-state index contributed by atoms with van der Waals surface area (Å²) in [6.45, 7) is 18.8. The first kappa shape index (κ1) is 57.1. The monoisotopic (exact) mass is 1060 g/mol. The fourth-order valence-corrected chi connectivity index (χ4v) is 14.3. The molecule has 1 aliphatic heterocycles. The van der Waals surface area contributed by atoms with Crippen LogP contribution in [0.1, 0.15) is 128 Å². The van der Waals surface area contributed by atoms with E-state index in [4.69, 9.17) is 41.4 Å². The summed E-state index contributed by atoms with van der Waals surface area (Å²) in [5.74, 6) is -6.91. The van der Waals surface area contributed by atoms with Gasteiger partial charge >= 0.3 is 32.9 Å². The minimum Gasteiger partial charge on any atom is -0.456 e. The second-order valence-corrected chi connectivity index (χ2v) is 23.4. The molecule has 18 nitrogen and oxygen atoms in total. The van der Waals surface area contributed by atoms with Gasteiger partial charge in [-0.15, -0.1) is 0 Å². The second kappa shape index (κ2) is 22.1. The van der Waals surface area contributed by atoms with Crippen molar-refractivity contribution >= 4 is 44.6 Å². The molecule has 3 aliphatic carbocycles. The lowest BCUT2D eigenvalue weighted by Gasteiger charge is -2.68. The third-order valence-corrected chi connectivity index (χ3v) is 17.7. The lowest BCUT2D eigenvalue weighted by Crippen LogP contribution is -2.82. The van der Waals surface area contributed by atoms with Crippen LogP contribution in [-0.2, 0) is 60.6 Å². The van der Waals surface area contributed by atoms with E-state index in [1.54, 1.807) is 141 Å². The third kappa shape index (κ3) is 11.0. The number of carbonyl (C=O) groups is 6. The van der Waals surface area contributed by atoms with Gasteiger partial charge in [-0.1, -0.05) is 80.6 Å². The zero-order valence-electron chi connectivity index (χ0n) is 44.7. The summed E-state index contributed by atoms with van der Waals surface area (Å²) in [4.78, 5) is 86.8. The number of aliphatic hydroxyl groups excluding tert-OH is 1. The number of ketones is 1. The van der Waals surface area contributed by atoms with Gasteiger partial charge in [0.05, 0.1) is 35.6 Å². The van der Waals surface area contributed by atoms with E-state index in [0.717, 1.165) is 6.92 Å². The van der Waals surface area contributed by atoms with E-state index in [0.29, 0.717) is 5.56 Å². The van der Waals surface area contributed by atoms with Crippen molar-refractivity contribution in [1.82, 2.24) is 5.32 Å². The van der Waals surface area contributed by atoms with Gasteiger partial charge in [-0.2, -0.15) is 0 Å². The normalized spacial score (nSPS) is 28.9. The van der Waals surface area contributed by atoms with Crippen molar-refractivity contribution in [3.63, 3.8) is 0 Å². The Labute approximate surface area is 439 Å². The van der Waals surface area contributed by atoms with Gasteiger partial charge in [0, 0.05) is 56.0 Å². The number of esters is 4. The number of aliphatic hydroxyl groups is 2. The maximum Gasteiger partial charge on any atom is 0.680 e. The summed E-state index contributed by atoms with van der Waals surface area (Å²) in [7, 11) is -4.40. The molecule has 3 aromatic carbocycles. The third-order valence-electron chi connectivity index (χ3n) is 14.9. The van der Waals surface area contributed by atoms with Crippen LogP contribution in [0.4, 0.5) is 0 Å². The van der Waals surface area contributed by atoms with Gasteiger partial charge in [-0.3, -0.25) is 19.2 Å². The van der Waals surface area contributed by atoms with E-state index in [1.807, 2.05) is 0 Å². The fourth-order valence-electron chi connectivity index (χ4n) is 11.5. The molecule has 0 aromatic heterocycles. The minimum absolute atomic E-state index is 0.00719. The molecule has 1 amide bonds. The van der Waals surface area contributed by atoms with E-state index >= 15 is 4.79 Å². The zero-order chi connectivity index (χ0) is 55.0. The van der Waals surface area contributed by atoms with E-state index in [1.165, 1.54) is 26.0 Å². The zero-order valence-corrected chi connectivity index (χ0v) is 45.7. The molecule has 19 heteroatoms. The Kier molecular flexibility index (Phi) is 16.8. The van der Waals surface area contributed by atoms with E-state index in [-0.39, 0.29) is 35.3 Å². The molecule has 3 N–H and O–H groups in total. The smallest absolute Gasteiger partial charge is 0.456 e. The predicted octanol–water partition coefficient (Wildman–Crippen LogP) is 6.47. The molecule has 0 unspecified atom stereocenters. The van der Waals surface area contributed by atoms with Crippen molar-refractivity contribution in [3.8, 4) is 0 Å². The minimum atomic E-state index is -4.40. The number of nitrogens with one attached hydrogen (secondary N) is 1. The molecule has 3 aromatic rings. The summed E-state index contributed by atoms with van der Waals surface area (Å²) >= 11 is 0. The number of benzene rings is 3. The number of Topliss-reactive ketones (excluding diaryl/α,β-unsaturated/α-hetero) is 1. The molecule has 75 heavy (non-hydrogen) atoms. The molecule has 11 atom stereocenters. The highest BCUT2D eigenvalue weighted by Crippen LogP contribution is 2.65. The van der Waals surface area contributed by atoms with Gasteiger partial charge in [0.2, 0.25) is 0 Å². The number of fused-ring (bicyclic) bond motifs is 5. The number of hydrogen-bond acceptors (Lipinski definition) is 17. The van der Waals surface area contributed by atoms with Crippen LogP contribution in [-0.4, -0.2) is 128 Å². The Morgan fingerprint density at radius 1 is 0.747 bits per heavy atom. The molecule has 4 aliphatic rings. The highest BCUT2D eigenvalue weighted by atomic mass is 28.4. The summed E-state index contributed by atoms with van der Waals surface area (Å²) < 4.78 is 58.3. The van der Waals surface area contributed by atoms with Crippen molar-refractivity contribution in [1.29, 1.82) is 0 Å². The molecule has 3 fully saturated rings. The molecule has 7 rings (SSSR count). The fraction of sp³-hybridized carbons (Fsp3) is 0.536. The molecule has 1 heterocycles. The first-order valence-corrected chi connectivity index (χ1v) is 27.1. The maximum atomic E-state index is 16.6. The Morgan fingerprint density at radius 2 is 1.28 bits per heavy atom. The lowest BCUT2D eigenvalue weighted by molar-refractivity contribution is -0.347. The highest BCUT2D eigenvalue weighted by molar-refractivity contribution is 6.53. The van der Waals surface area contributed by atoms with Crippen LogP contribution in [0.2, 0.25) is 0 Å². The molecular weight excluding hydrogens is 987 g/mol. The van der Waals surface area contributed by atoms with Gasteiger partial charge in [0.25, 0.3) is 5.91 Å². The lowest BCUT2D eigenvalue weighted by atomic mass is 9.44. The van der Waals surface area contributed by atoms with Gasteiger partial charge in [-0.05, 0) is 96.4 Å². The molecule has 1 saturated heterocycles. The number of hydrogen-bond donors (Lipinski definition) is 3. The van der Waals surface area contributed by atoms with Crippen molar-refractivity contribution in [2.75, 3.05) is 6.61 Å². The molecule has 2 bridgehead atoms. The van der Waals surface area contributed by atoms with Crippen LogP contribution in [0.5, 0.6) is 0 Å². The van der Waals surface area contributed by atoms with Gasteiger partial charge in [-0.25, -0.2) is 9.59 Å². The molecule has 0 radical (unpaired) electrons. The van der Waals surface area contributed by atoms with Crippen LogP contribution >= 0.6 is 0 Å². The average Bonchev–Trinajstić information content (AvgIpc) is 3.33. The van der Waals surface area contributed by atoms with E-state index in [9.17, 15) is 34.2 Å². The highest BCUT2D eigenvalue weighted by Gasteiger charge is 2.79. The average molecular weight is 1060 g/mol. The Bertz CT molecular complexity index is 2600.